The zero-order valence-electron chi connectivity index (χ0n) is 16.9. The minimum atomic E-state index is -0.231. The minimum absolute atomic E-state index is 0.229. The Morgan fingerprint density at radius 2 is 1.97 bits per heavy atom. The monoisotopic (exact) mass is 436 g/mol. The predicted molar refractivity (Wildman–Crippen MR) is 122 cm³/mol. The number of anilines is 3. The number of morpholine rings is 1. The lowest BCUT2D eigenvalue weighted by atomic mass is 10.1. The Bertz CT molecular complexity index is 1300. The third-order valence-corrected chi connectivity index (χ3v) is 5.80. The molecule has 1 aliphatic heterocycles. The third kappa shape index (κ3) is 3.75. The van der Waals surface area contributed by atoms with Gasteiger partial charge < -0.3 is 19.5 Å². The molecule has 0 radical (unpaired) electrons. The van der Waals surface area contributed by atoms with Crippen molar-refractivity contribution in [3.05, 3.63) is 64.2 Å². The van der Waals surface area contributed by atoms with Crippen molar-refractivity contribution in [1.29, 1.82) is 0 Å². The van der Waals surface area contributed by atoms with Crippen molar-refractivity contribution >= 4 is 39.8 Å². The first kappa shape index (κ1) is 19.6. The second-order valence-electron chi connectivity index (χ2n) is 7.40. The molecule has 1 saturated heterocycles. The maximum atomic E-state index is 13.0. The fourth-order valence-corrected chi connectivity index (χ4v) is 3.97. The van der Waals surface area contributed by atoms with Crippen molar-refractivity contribution in [3.8, 4) is 11.1 Å². The van der Waals surface area contributed by atoms with E-state index in [1.54, 1.807) is 17.8 Å². The highest BCUT2D eigenvalue weighted by Gasteiger charge is 2.15. The standard InChI is InChI=1S/C22H21ClN6O2/c1-28-20-10-14(15-12-24-25-13-15)2-4-19(20)27-21(22(28)30)26-18-5-3-16(11-17(18)23)29-6-8-31-9-7-29/h2-5,10-13H,6-9H2,1H3,(H,24,25)(H,26,27). The van der Waals surface area contributed by atoms with E-state index in [2.05, 4.69) is 25.4 Å². The molecule has 158 valence electrons. The average molecular weight is 437 g/mol. The van der Waals surface area contributed by atoms with Gasteiger partial charge in [-0.3, -0.25) is 9.89 Å². The summed E-state index contributed by atoms with van der Waals surface area (Å²) < 4.78 is 6.99. The van der Waals surface area contributed by atoms with Crippen LogP contribution in [-0.4, -0.2) is 46.1 Å². The first-order valence-corrected chi connectivity index (χ1v) is 10.4. The van der Waals surface area contributed by atoms with Crippen molar-refractivity contribution < 1.29 is 4.74 Å². The minimum Gasteiger partial charge on any atom is -0.378 e. The molecule has 0 amide bonds. The van der Waals surface area contributed by atoms with Gasteiger partial charge in [-0.25, -0.2) is 4.98 Å². The van der Waals surface area contributed by atoms with Crippen LogP contribution < -0.4 is 15.8 Å². The van der Waals surface area contributed by atoms with Crippen molar-refractivity contribution in [2.45, 2.75) is 0 Å². The highest BCUT2D eigenvalue weighted by molar-refractivity contribution is 6.33. The number of halogens is 1. The Morgan fingerprint density at radius 3 is 2.71 bits per heavy atom. The van der Waals surface area contributed by atoms with Crippen LogP contribution in [0.4, 0.5) is 17.2 Å². The summed E-state index contributed by atoms with van der Waals surface area (Å²) in [5.41, 5.74) is 4.79. The maximum absolute atomic E-state index is 13.0. The summed E-state index contributed by atoms with van der Waals surface area (Å²) in [6.07, 6.45) is 3.55. The Morgan fingerprint density at radius 1 is 1.13 bits per heavy atom. The highest BCUT2D eigenvalue weighted by Crippen LogP contribution is 2.30. The summed E-state index contributed by atoms with van der Waals surface area (Å²) in [6.45, 7) is 3.07. The number of aryl methyl sites for hydroxylation is 1. The molecule has 0 saturated carbocycles. The summed E-state index contributed by atoms with van der Waals surface area (Å²) in [4.78, 5) is 19.7. The first-order valence-electron chi connectivity index (χ1n) is 9.99. The van der Waals surface area contributed by atoms with Crippen LogP contribution >= 0.6 is 11.6 Å². The number of benzene rings is 2. The van der Waals surface area contributed by atoms with E-state index < -0.39 is 0 Å². The molecule has 5 rings (SSSR count). The van der Waals surface area contributed by atoms with Gasteiger partial charge in [0.15, 0.2) is 5.82 Å². The lowest BCUT2D eigenvalue weighted by molar-refractivity contribution is 0.122. The Labute approximate surface area is 183 Å². The normalized spacial score (nSPS) is 14.2. The topological polar surface area (TPSA) is 88.1 Å². The van der Waals surface area contributed by atoms with Gasteiger partial charge in [0, 0.05) is 37.6 Å². The Kier molecular flexibility index (Phi) is 5.09. The molecule has 1 fully saturated rings. The molecule has 0 unspecified atom stereocenters. The smallest absolute Gasteiger partial charge is 0.293 e. The summed E-state index contributed by atoms with van der Waals surface area (Å²) in [7, 11) is 1.74. The van der Waals surface area contributed by atoms with Gasteiger partial charge in [-0.1, -0.05) is 17.7 Å². The second kappa shape index (κ2) is 8.05. The first-order chi connectivity index (χ1) is 15.1. The lowest BCUT2D eigenvalue weighted by Crippen LogP contribution is -2.36. The van der Waals surface area contributed by atoms with Crippen LogP contribution in [0.15, 0.2) is 53.6 Å². The molecule has 9 heteroatoms. The van der Waals surface area contributed by atoms with Crippen molar-refractivity contribution in [2.75, 3.05) is 36.5 Å². The second-order valence-corrected chi connectivity index (χ2v) is 7.81. The molecule has 2 aromatic heterocycles. The predicted octanol–water partition coefficient (Wildman–Crippen LogP) is 3.56. The SMILES string of the molecule is Cn1c(=O)c(Nc2ccc(N3CCOCC3)cc2Cl)nc2ccc(-c3cn[nH]c3)cc21. The molecule has 2 N–H and O–H groups in total. The number of ether oxygens (including phenoxy) is 1. The van der Waals surface area contributed by atoms with E-state index in [-0.39, 0.29) is 11.4 Å². The summed E-state index contributed by atoms with van der Waals surface area (Å²) >= 11 is 6.52. The molecule has 31 heavy (non-hydrogen) atoms. The lowest BCUT2D eigenvalue weighted by Gasteiger charge is -2.29. The van der Waals surface area contributed by atoms with Gasteiger partial charge in [-0.15, -0.1) is 0 Å². The van der Waals surface area contributed by atoms with Gasteiger partial charge in [-0.05, 0) is 35.9 Å². The van der Waals surface area contributed by atoms with Crippen LogP contribution in [0.1, 0.15) is 0 Å². The quantitative estimate of drug-likeness (QED) is 0.508. The molecule has 8 nitrogen and oxygen atoms in total. The molecular weight excluding hydrogens is 416 g/mol. The van der Waals surface area contributed by atoms with E-state index in [0.29, 0.717) is 29.4 Å². The third-order valence-electron chi connectivity index (χ3n) is 5.49. The average Bonchev–Trinajstić information content (AvgIpc) is 3.34. The number of nitrogens with zero attached hydrogens (tertiary/aromatic N) is 4. The number of rotatable bonds is 4. The summed E-state index contributed by atoms with van der Waals surface area (Å²) in [5.74, 6) is 0.229. The summed E-state index contributed by atoms with van der Waals surface area (Å²) in [6, 6.07) is 11.5. The number of aromatic nitrogens is 4. The van der Waals surface area contributed by atoms with Crippen LogP contribution in [0, 0.1) is 0 Å². The van der Waals surface area contributed by atoms with Gasteiger partial charge in [0.05, 0.1) is 41.2 Å². The number of hydrogen-bond acceptors (Lipinski definition) is 6. The largest absolute Gasteiger partial charge is 0.378 e. The van der Waals surface area contributed by atoms with Crippen molar-refractivity contribution in [2.24, 2.45) is 7.05 Å². The fraction of sp³-hybridized carbons (Fsp3) is 0.227. The summed E-state index contributed by atoms with van der Waals surface area (Å²) in [5, 5.41) is 10.4. The molecule has 0 atom stereocenters. The van der Waals surface area contributed by atoms with Crippen LogP contribution in [0.5, 0.6) is 0 Å². The molecule has 3 heterocycles. The molecule has 0 spiro atoms. The number of hydrogen-bond donors (Lipinski definition) is 2. The van der Waals surface area contributed by atoms with Crippen LogP contribution in [0.3, 0.4) is 0 Å². The van der Waals surface area contributed by atoms with Gasteiger partial charge in [-0.2, -0.15) is 5.10 Å². The molecule has 0 aliphatic carbocycles. The maximum Gasteiger partial charge on any atom is 0.293 e. The van der Waals surface area contributed by atoms with E-state index in [0.717, 1.165) is 35.4 Å². The van der Waals surface area contributed by atoms with Gasteiger partial charge in [0.1, 0.15) is 0 Å². The van der Waals surface area contributed by atoms with Crippen LogP contribution in [0.25, 0.3) is 22.2 Å². The number of nitrogens with one attached hydrogen (secondary N) is 2. The number of fused-ring (bicyclic) bond motifs is 1. The molecule has 0 bridgehead atoms. The van der Waals surface area contributed by atoms with E-state index in [1.807, 2.05) is 42.6 Å². The van der Waals surface area contributed by atoms with Gasteiger partial charge >= 0.3 is 0 Å². The number of aromatic amines is 1. The zero-order chi connectivity index (χ0) is 21.4. The van der Waals surface area contributed by atoms with Crippen LogP contribution in [0.2, 0.25) is 5.02 Å². The zero-order valence-corrected chi connectivity index (χ0v) is 17.7. The molecule has 1 aliphatic rings. The van der Waals surface area contributed by atoms with E-state index >= 15 is 0 Å². The molecule has 2 aromatic carbocycles. The van der Waals surface area contributed by atoms with E-state index in [1.165, 1.54) is 0 Å². The van der Waals surface area contributed by atoms with Crippen LogP contribution in [-0.2, 0) is 11.8 Å². The van der Waals surface area contributed by atoms with Gasteiger partial charge in [0.2, 0.25) is 0 Å². The van der Waals surface area contributed by atoms with Crippen molar-refractivity contribution in [3.63, 3.8) is 0 Å². The Hall–Kier alpha value is -3.36. The molecular formula is C22H21ClN6O2. The van der Waals surface area contributed by atoms with E-state index in [4.69, 9.17) is 16.3 Å². The number of H-pyrrole nitrogens is 1. The molecule has 4 aromatic rings. The van der Waals surface area contributed by atoms with E-state index in [9.17, 15) is 4.79 Å². The fourth-order valence-electron chi connectivity index (χ4n) is 3.74. The van der Waals surface area contributed by atoms with Crippen molar-refractivity contribution in [1.82, 2.24) is 19.7 Å². The highest BCUT2D eigenvalue weighted by atomic mass is 35.5. The Balaban J connectivity index is 1.47. The van der Waals surface area contributed by atoms with Gasteiger partial charge in [0.25, 0.3) is 5.56 Å².